The lowest BCUT2D eigenvalue weighted by Gasteiger charge is -2.05. The average Bonchev–Trinajstić information content (AvgIpc) is 2.69. The minimum Gasteiger partial charge on any atom is -0.461 e. The van der Waals surface area contributed by atoms with E-state index >= 15 is 0 Å². The number of alkyl halides is 2. The number of esters is 1. The molecule has 0 unspecified atom stereocenters. The van der Waals surface area contributed by atoms with Crippen LogP contribution in [0.5, 0.6) is 0 Å². The number of hydrogen-bond donors (Lipinski definition) is 0. The van der Waals surface area contributed by atoms with Gasteiger partial charge in [-0.2, -0.15) is 0 Å². The molecule has 0 saturated carbocycles. The quantitative estimate of drug-likeness (QED) is 0.546. The number of hydrogen-bond acceptors (Lipinski definition) is 2. The highest BCUT2D eigenvalue weighted by Gasteiger charge is 2.09. The Morgan fingerprint density at radius 2 is 2.18 bits per heavy atom. The molecule has 0 aliphatic heterocycles. The van der Waals surface area contributed by atoms with Crippen LogP contribution in [0.25, 0.3) is 0 Å². The summed E-state index contributed by atoms with van der Waals surface area (Å²) in [6.07, 6.45) is 1.21. The molecule has 1 aromatic heterocycles. The fourth-order valence-corrected chi connectivity index (χ4v) is 1.49. The molecule has 0 N–H and O–H groups in total. The van der Waals surface area contributed by atoms with E-state index in [-0.39, 0.29) is 19.0 Å². The number of carbonyl (C=O) groups is 1. The lowest BCUT2D eigenvalue weighted by molar-refractivity contribution is 0.0483. The molecular weight excluding hydrogens is 228 g/mol. The van der Waals surface area contributed by atoms with Gasteiger partial charge in [-0.05, 0) is 31.4 Å². The zero-order valence-electron chi connectivity index (χ0n) is 9.86. The van der Waals surface area contributed by atoms with E-state index in [2.05, 4.69) is 0 Å². The first kappa shape index (κ1) is 13.7. The van der Waals surface area contributed by atoms with E-state index in [1.165, 1.54) is 0 Å². The minimum absolute atomic E-state index is 0.0776. The normalized spacial score (nSPS) is 10.8. The van der Waals surface area contributed by atoms with Gasteiger partial charge in [-0.1, -0.05) is 0 Å². The molecule has 1 aromatic rings. The summed E-state index contributed by atoms with van der Waals surface area (Å²) in [5.41, 5.74) is 0.498. The summed E-state index contributed by atoms with van der Waals surface area (Å²) in [6.45, 7) is 0.285. The van der Waals surface area contributed by atoms with Crippen LogP contribution >= 0.6 is 0 Å². The number of aryl methyl sites for hydroxylation is 1. The van der Waals surface area contributed by atoms with Crippen molar-refractivity contribution in [3.8, 4) is 0 Å². The Hall–Kier alpha value is -1.39. The lowest BCUT2D eigenvalue weighted by Crippen LogP contribution is -2.10. The molecule has 0 radical (unpaired) electrons. The van der Waals surface area contributed by atoms with Crippen LogP contribution in [-0.2, 0) is 11.8 Å². The highest BCUT2D eigenvalue weighted by Crippen LogP contribution is 2.08. The van der Waals surface area contributed by atoms with Gasteiger partial charge in [-0.15, -0.1) is 0 Å². The first-order valence-corrected chi connectivity index (χ1v) is 5.68. The molecule has 3 nitrogen and oxygen atoms in total. The van der Waals surface area contributed by atoms with Gasteiger partial charge in [0, 0.05) is 19.7 Å². The van der Waals surface area contributed by atoms with Gasteiger partial charge in [-0.3, -0.25) is 0 Å². The molecule has 0 aliphatic rings. The van der Waals surface area contributed by atoms with Crippen molar-refractivity contribution < 1.29 is 18.3 Å². The van der Waals surface area contributed by atoms with Gasteiger partial charge in [-0.25, -0.2) is 13.6 Å². The Morgan fingerprint density at radius 3 is 2.76 bits per heavy atom. The van der Waals surface area contributed by atoms with Crippen molar-refractivity contribution in [3.63, 3.8) is 0 Å². The number of carbonyl (C=O) groups excluding carboxylic acids is 1. The Bertz CT molecular complexity index is 350. The molecule has 0 saturated heterocycles. The van der Waals surface area contributed by atoms with Crippen LogP contribution in [0, 0.1) is 0 Å². The summed E-state index contributed by atoms with van der Waals surface area (Å²) in [5.74, 6) is -0.369. The van der Waals surface area contributed by atoms with Crippen molar-refractivity contribution in [3.05, 3.63) is 24.0 Å². The molecule has 0 fully saturated rings. The molecule has 0 aromatic carbocycles. The van der Waals surface area contributed by atoms with E-state index in [1.807, 2.05) is 0 Å². The molecule has 17 heavy (non-hydrogen) atoms. The summed E-state index contributed by atoms with van der Waals surface area (Å²) in [6, 6.07) is 3.44. The molecule has 0 amide bonds. The molecule has 0 spiro atoms. The van der Waals surface area contributed by atoms with Gasteiger partial charge < -0.3 is 9.30 Å². The van der Waals surface area contributed by atoms with Crippen molar-refractivity contribution in [1.82, 2.24) is 4.57 Å². The monoisotopic (exact) mass is 245 g/mol. The maximum atomic E-state index is 11.8. The van der Waals surface area contributed by atoms with E-state index < -0.39 is 6.43 Å². The SMILES string of the molecule is Cn1cccc1C(=O)OCCCCCC(F)F. The topological polar surface area (TPSA) is 31.2 Å². The van der Waals surface area contributed by atoms with Crippen LogP contribution in [0.1, 0.15) is 36.2 Å². The number of halogens is 2. The van der Waals surface area contributed by atoms with E-state index in [0.29, 0.717) is 25.0 Å². The zero-order valence-corrected chi connectivity index (χ0v) is 9.86. The largest absolute Gasteiger partial charge is 0.461 e. The molecule has 1 heterocycles. The highest BCUT2D eigenvalue weighted by molar-refractivity contribution is 5.87. The number of rotatable bonds is 7. The standard InChI is InChI=1S/C12H17F2NO2/c1-15-8-5-6-10(15)12(16)17-9-4-2-3-7-11(13)14/h5-6,8,11H,2-4,7,9H2,1H3. The second kappa shape index (κ2) is 7.04. The van der Waals surface area contributed by atoms with Crippen molar-refractivity contribution in [2.45, 2.75) is 32.1 Å². The predicted octanol–water partition coefficient (Wildman–Crippen LogP) is 3.01. The highest BCUT2D eigenvalue weighted by atomic mass is 19.3. The number of ether oxygens (including phenoxy) is 1. The summed E-state index contributed by atoms with van der Waals surface area (Å²) in [5, 5.41) is 0. The summed E-state index contributed by atoms with van der Waals surface area (Å²) in [7, 11) is 1.76. The molecule has 96 valence electrons. The smallest absolute Gasteiger partial charge is 0.354 e. The lowest BCUT2D eigenvalue weighted by atomic mass is 10.2. The van der Waals surface area contributed by atoms with Crippen molar-refractivity contribution in [2.24, 2.45) is 7.05 Å². The third-order valence-corrected chi connectivity index (χ3v) is 2.45. The van der Waals surface area contributed by atoms with Crippen molar-refractivity contribution in [2.75, 3.05) is 6.61 Å². The zero-order chi connectivity index (χ0) is 12.7. The Morgan fingerprint density at radius 1 is 1.41 bits per heavy atom. The third-order valence-electron chi connectivity index (χ3n) is 2.45. The van der Waals surface area contributed by atoms with Gasteiger partial charge >= 0.3 is 5.97 Å². The fourth-order valence-electron chi connectivity index (χ4n) is 1.49. The summed E-state index contributed by atoms with van der Waals surface area (Å²) < 4.78 is 30.3. The molecule has 1 rings (SSSR count). The van der Waals surface area contributed by atoms with E-state index in [9.17, 15) is 13.6 Å². The van der Waals surface area contributed by atoms with Crippen LogP contribution in [0.2, 0.25) is 0 Å². The van der Waals surface area contributed by atoms with Crippen LogP contribution in [0.4, 0.5) is 8.78 Å². The Kier molecular flexibility index (Phi) is 5.66. The number of nitrogens with zero attached hydrogens (tertiary/aromatic N) is 1. The third kappa shape index (κ3) is 4.97. The van der Waals surface area contributed by atoms with E-state index in [1.54, 1.807) is 29.9 Å². The van der Waals surface area contributed by atoms with Crippen LogP contribution in [-0.4, -0.2) is 23.6 Å². The summed E-state index contributed by atoms with van der Waals surface area (Å²) >= 11 is 0. The van der Waals surface area contributed by atoms with Crippen LogP contribution in [0.15, 0.2) is 18.3 Å². The minimum atomic E-state index is -2.24. The summed E-state index contributed by atoms with van der Waals surface area (Å²) in [4.78, 5) is 11.5. The first-order valence-electron chi connectivity index (χ1n) is 5.68. The molecule has 0 aliphatic carbocycles. The van der Waals surface area contributed by atoms with Gasteiger partial charge in [0.1, 0.15) is 5.69 Å². The van der Waals surface area contributed by atoms with Crippen molar-refractivity contribution >= 4 is 5.97 Å². The van der Waals surface area contributed by atoms with Gasteiger partial charge in [0.15, 0.2) is 0 Å². The average molecular weight is 245 g/mol. The van der Waals surface area contributed by atoms with E-state index in [0.717, 1.165) is 0 Å². The molecular formula is C12H17F2NO2. The Balaban J connectivity index is 2.11. The van der Waals surface area contributed by atoms with E-state index in [4.69, 9.17) is 4.74 Å². The van der Waals surface area contributed by atoms with Gasteiger partial charge in [0.05, 0.1) is 6.61 Å². The van der Waals surface area contributed by atoms with Gasteiger partial charge in [0.25, 0.3) is 0 Å². The van der Waals surface area contributed by atoms with Crippen molar-refractivity contribution in [1.29, 1.82) is 0 Å². The Labute approximate surface area is 99.4 Å². The second-order valence-corrected chi connectivity index (χ2v) is 3.88. The molecule has 0 bridgehead atoms. The predicted molar refractivity (Wildman–Crippen MR) is 60.2 cm³/mol. The second-order valence-electron chi connectivity index (χ2n) is 3.88. The van der Waals surface area contributed by atoms with Crippen LogP contribution < -0.4 is 0 Å². The van der Waals surface area contributed by atoms with Gasteiger partial charge in [0.2, 0.25) is 6.43 Å². The molecule has 5 heteroatoms. The molecule has 0 atom stereocenters. The van der Waals surface area contributed by atoms with Crippen LogP contribution in [0.3, 0.4) is 0 Å². The fraction of sp³-hybridized carbons (Fsp3) is 0.583. The number of aromatic nitrogens is 1. The first-order chi connectivity index (χ1) is 8.11. The number of unbranched alkanes of at least 4 members (excludes halogenated alkanes) is 2. The maximum absolute atomic E-state index is 11.8. The maximum Gasteiger partial charge on any atom is 0.354 e.